The SMILES string of the molecule is Bc1cnn2c(NCc3cccc(CNS(=O)(=O)c4ccccc4)c3)cc(-c3ccccc3Cl)nc12. The maximum absolute atomic E-state index is 12.6. The van der Waals surface area contributed by atoms with Crippen LogP contribution in [0.1, 0.15) is 11.1 Å². The molecular formula is C26H23BClN5O2S. The summed E-state index contributed by atoms with van der Waals surface area (Å²) >= 11 is 6.44. The van der Waals surface area contributed by atoms with E-state index in [1.807, 2.05) is 62.4 Å². The third-order valence-electron chi connectivity index (χ3n) is 5.78. The second kappa shape index (κ2) is 10.1. The Balaban J connectivity index is 1.36. The average molecular weight is 516 g/mol. The lowest BCUT2D eigenvalue weighted by molar-refractivity contribution is 0.581. The van der Waals surface area contributed by atoms with Gasteiger partial charge in [0.25, 0.3) is 0 Å². The third-order valence-corrected chi connectivity index (χ3v) is 7.53. The highest BCUT2D eigenvalue weighted by molar-refractivity contribution is 7.89. The van der Waals surface area contributed by atoms with E-state index in [0.29, 0.717) is 11.6 Å². The molecule has 2 aromatic heterocycles. The molecule has 0 atom stereocenters. The fourth-order valence-electron chi connectivity index (χ4n) is 3.91. The van der Waals surface area contributed by atoms with Gasteiger partial charge in [-0.1, -0.05) is 72.3 Å². The minimum absolute atomic E-state index is 0.194. The summed E-state index contributed by atoms with van der Waals surface area (Å²) < 4.78 is 29.5. The molecule has 0 unspecified atom stereocenters. The molecule has 0 bridgehead atoms. The van der Waals surface area contributed by atoms with Crippen molar-refractivity contribution in [3.8, 4) is 11.3 Å². The zero-order valence-corrected chi connectivity index (χ0v) is 21.1. The van der Waals surface area contributed by atoms with E-state index >= 15 is 0 Å². The summed E-state index contributed by atoms with van der Waals surface area (Å²) in [5.74, 6) is 0.776. The molecular weight excluding hydrogens is 493 g/mol. The molecule has 0 aliphatic carbocycles. The van der Waals surface area contributed by atoms with Gasteiger partial charge in [-0.25, -0.2) is 18.1 Å². The largest absolute Gasteiger partial charge is 0.366 e. The summed E-state index contributed by atoms with van der Waals surface area (Å²) in [5, 5.41) is 8.55. The van der Waals surface area contributed by atoms with Crippen LogP contribution in [-0.4, -0.2) is 30.9 Å². The van der Waals surface area contributed by atoms with Crippen molar-refractivity contribution in [3.05, 3.63) is 107 Å². The number of nitrogens with zero attached hydrogens (tertiary/aromatic N) is 3. The summed E-state index contributed by atoms with van der Waals surface area (Å²) in [6, 6.07) is 25.7. The number of rotatable bonds is 8. The predicted octanol–water partition coefficient (Wildman–Crippen LogP) is 3.40. The highest BCUT2D eigenvalue weighted by Crippen LogP contribution is 2.28. The van der Waals surface area contributed by atoms with E-state index < -0.39 is 10.0 Å². The van der Waals surface area contributed by atoms with Crippen LogP contribution in [-0.2, 0) is 23.1 Å². The number of hydrogen-bond acceptors (Lipinski definition) is 5. The van der Waals surface area contributed by atoms with Crippen molar-refractivity contribution in [2.45, 2.75) is 18.0 Å². The summed E-state index contributed by atoms with van der Waals surface area (Å²) in [6.07, 6.45) is 1.78. The van der Waals surface area contributed by atoms with Gasteiger partial charge >= 0.3 is 0 Å². The first-order valence-corrected chi connectivity index (χ1v) is 13.2. The highest BCUT2D eigenvalue weighted by Gasteiger charge is 2.14. The molecule has 2 N–H and O–H groups in total. The van der Waals surface area contributed by atoms with Crippen LogP contribution in [0.15, 0.2) is 96.0 Å². The van der Waals surface area contributed by atoms with Crippen molar-refractivity contribution in [2.24, 2.45) is 0 Å². The lowest BCUT2D eigenvalue weighted by Crippen LogP contribution is -2.23. The molecule has 2 heterocycles. The maximum Gasteiger partial charge on any atom is 0.240 e. The first-order valence-electron chi connectivity index (χ1n) is 11.4. The van der Waals surface area contributed by atoms with Gasteiger partial charge in [0.05, 0.1) is 10.6 Å². The molecule has 0 saturated heterocycles. The van der Waals surface area contributed by atoms with Gasteiger partial charge in [0, 0.05) is 35.9 Å². The normalized spacial score (nSPS) is 11.6. The van der Waals surface area contributed by atoms with Gasteiger partial charge in [-0.05, 0) is 34.8 Å². The van der Waals surface area contributed by atoms with Crippen LogP contribution in [0.4, 0.5) is 5.82 Å². The summed E-state index contributed by atoms with van der Waals surface area (Å²) in [7, 11) is -1.61. The lowest BCUT2D eigenvalue weighted by atomic mass is 10.0. The Morgan fingerprint density at radius 2 is 1.61 bits per heavy atom. The van der Waals surface area contributed by atoms with Crippen LogP contribution in [0.5, 0.6) is 0 Å². The van der Waals surface area contributed by atoms with E-state index in [0.717, 1.165) is 39.3 Å². The lowest BCUT2D eigenvalue weighted by Gasteiger charge is -2.13. The summed E-state index contributed by atoms with van der Waals surface area (Å²) in [6.45, 7) is 0.707. The van der Waals surface area contributed by atoms with E-state index in [-0.39, 0.29) is 11.4 Å². The summed E-state index contributed by atoms with van der Waals surface area (Å²) in [4.78, 5) is 5.02. The van der Waals surface area contributed by atoms with Crippen molar-refractivity contribution >= 4 is 46.4 Å². The monoisotopic (exact) mass is 515 g/mol. The zero-order valence-electron chi connectivity index (χ0n) is 19.5. The number of halogens is 1. The molecule has 0 aliphatic heterocycles. The van der Waals surface area contributed by atoms with Crippen LogP contribution >= 0.6 is 11.6 Å². The van der Waals surface area contributed by atoms with Gasteiger partial charge in [-0.15, -0.1) is 0 Å². The smallest absolute Gasteiger partial charge is 0.240 e. The van der Waals surface area contributed by atoms with Gasteiger partial charge in [-0.2, -0.15) is 9.61 Å². The van der Waals surface area contributed by atoms with E-state index in [4.69, 9.17) is 16.6 Å². The first-order chi connectivity index (χ1) is 17.4. The Labute approximate surface area is 215 Å². The molecule has 0 radical (unpaired) electrons. The van der Waals surface area contributed by atoms with Crippen molar-refractivity contribution in [2.75, 3.05) is 5.32 Å². The molecule has 0 aliphatic rings. The predicted molar refractivity (Wildman–Crippen MR) is 146 cm³/mol. The van der Waals surface area contributed by atoms with Crippen LogP contribution in [0.2, 0.25) is 5.02 Å². The fourth-order valence-corrected chi connectivity index (χ4v) is 5.18. The number of hydrogen-bond donors (Lipinski definition) is 2. The van der Waals surface area contributed by atoms with Gasteiger partial charge in [-0.3, -0.25) is 0 Å². The third kappa shape index (κ3) is 5.13. The highest BCUT2D eigenvalue weighted by atomic mass is 35.5. The number of nitrogens with one attached hydrogen (secondary N) is 2. The topological polar surface area (TPSA) is 88.4 Å². The van der Waals surface area contributed by atoms with E-state index in [1.165, 1.54) is 0 Å². The molecule has 10 heteroatoms. The Hall–Kier alpha value is -3.66. The Morgan fingerprint density at radius 3 is 2.39 bits per heavy atom. The standard InChI is InChI=1S/C26H23BClN5O2S/c27-22-17-30-33-25(14-24(32-26(22)33)21-11-4-5-12-23(21)28)29-15-18-7-6-8-19(13-18)16-31-36(34,35)20-9-2-1-3-10-20/h1-14,17,29,31H,15-16,27H2. The number of aromatic nitrogens is 3. The van der Waals surface area contributed by atoms with Crippen molar-refractivity contribution in [3.63, 3.8) is 0 Å². The number of fused-ring (bicyclic) bond motifs is 1. The van der Waals surface area contributed by atoms with Crippen LogP contribution in [0.3, 0.4) is 0 Å². The van der Waals surface area contributed by atoms with Crippen molar-refractivity contribution < 1.29 is 8.42 Å². The van der Waals surface area contributed by atoms with Crippen LogP contribution < -0.4 is 15.5 Å². The molecule has 180 valence electrons. The number of sulfonamides is 1. The van der Waals surface area contributed by atoms with Crippen LogP contribution in [0.25, 0.3) is 16.9 Å². The van der Waals surface area contributed by atoms with Gasteiger partial charge in [0.15, 0.2) is 5.65 Å². The second-order valence-electron chi connectivity index (χ2n) is 8.38. The zero-order chi connectivity index (χ0) is 25.1. The molecule has 0 spiro atoms. The van der Waals surface area contributed by atoms with Crippen molar-refractivity contribution in [1.29, 1.82) is 0 Å². The average Bonchev–Trinajstić information content (AvgIpc) is 3.28. The molecule has 0 fully saturated rings. The maximum atomic E-state index is 12.6. The molecule has 5 aromatic rings. The molecule has 36 heavy (non-hydrogen) atoms. The van der Waals surface area contributed by atoms with Gasteiger partial charge < -0.3 is 5.32 Å². The number of anilines is 1. The number of benzene rings is 3. The Morgan fingerprint density at radius 1 is 0.889 bits per heavy atom. The van der Waals surface area contributed by atoms with E-state index in [2.05, 4.69) is 15.1 Å². The first kappa shape index (κ1) is 24.1. The van der Waals surface area contributed by atoms with Crippen molar-refractivity contribution in [1.82, 2.24) is 19.3 Å². The Kier molecular flexibility index (Phi) is 6.78. The van der Waals surface area contributed by atoms with Crippen LogP contribution in [0, 0.1) is 0 Å². The van der Waals surface area contributed by atoms with Gasteiger partial charge in [0.2, 0.25) is 10.0 Å². The van der Waals surface area contributed by atoms with E-state index in [9.17, 15) is 8.42 Å². The molecule has 0 amide bonds. The Bertz CT molecular complexity index is 1640. The quantitative estimate of drug-likeness (QED) is 0.309. The van der Waals surface area contributed by atoms with Gasteiger partial charge in [0.1, 0.15) is 13.7 Å². The minimum atomic E-state index is -3.58. The van der Waals surface area contributed by atoms with E-state index in [1.54, 1.807) is 41.0 Å². The minimum Gasteiger partial charge on any atom is -0.366 e. The molecule has 3 aromatic carbocycles. The second-order valence-corrected chi connectivity index (χ2v) is 10.6. The molecule has 5 rings (SSSR count). The molecule has 0 saturated carbocycles. The summed E-state index contributed by atoms with van der Waals surface area (Å²) in [5.41, 5.74) is 5.17. The molecule has 7 nitrogen and oxygen atoms in total. The fraction of sp³-hybridized carbons (Fsp3) is 0.0769.